The number of hydrogen-bond donors (Lipinski definition) is 1. The summed E-state index contributed by atoms with van der Waals surface area (Å²) in [5.74, 6) is -0.711. The highest BCUT2D eigenvalue weighted by Crippen LogP contribution is 2.07. The number of hydrogen-bond acceptors (Lipinski definition) is 6. The van der Waals surface area contributed by atoms with E-state index < -0.39 is 23.6 Å². The molecule has 1 heterocycles. The second-order valence-corrected chi connectivity index (χ2v) is 5.98. The van der Waals surface area contributed by atoms with Crippen LogP contribution in [0.1, 0.15) is 20.3 Å². The minimum Gasteiger partial charge on any atom is -0.467 e. The maximum absolute atomic E-state index is 12.0. The maximum Gasteiger partial charge on any atom is 0.349 e. The van der Waals surface area contributed by atoms with Gasteiger partial charge >= 0.3 is 11.7 Å². The molecule has 0 unspecified atom stereocenters. The van der Waals surface area contributed by atoms with Crippen molar-refractivity contribution in [3.8, 4) is 0 Å². The number of esters is 1. The average molecular weight is 327 g/mol. The van der Waals surface area contributed by atoms with Gasteiger partial charge in [0.1, 0.15) is 17.6 Å². The Bertz CT molecular complexity index is 586. The number of amides is 1. The lowest BCUT2D eigenvalue weighted by Gasteiger charge is -2.18. The summed E-state index contributed by atoms with van der Waals surface area (Å²) >= 11 is 1.35. The van der Waals surface area contributed by atoms with Crippen LogP contribution in [0.3, 0.4) is 0 Å². The summed E-state index contributed by atoms with van der Waals surface area (Å²) in [7, 11) is 1.28. The van der Waals surface area contributed by atoms with E-state index in [2.05, 4.69) is 15.0 Å². The van der Waals surface area contributed by atoms with Gasteiger partial charge in [-0.15, -0.1) is 11.8 Å². The molecule has 1 amide bonds. The van der Waals surface area contributed by atoms with Crippen LogP contribution in [-0.4, -0.2) is 40.8 Å². The predicted molar refractivity (Wildman–Crippen MR) is 83.7 cm³/mol. The topological polar surface area (TPSA) is 90.3 Å². The highest BCUT2D eigenvalue weighted by Gasteiger charge is 2.22. The van der Waals surface area contributed by atoms with E-state index in [1.54, 1.807) is 6.07 Å². The van der Waals surface area contributed by atoms with E-state index in [9.17, 15) is 14.4 Å². The lowest BCUT2D eigenvalue weighted by molar-refractivity contribution is -0.145. The first-order valence-corrected chi connectivity index (χ1v) is 8.08. The zero-order chi connectivity index (χ0) is 16.7. The number of nitrogens with zero attached hydrogens (tertiary/aromatic N) is 2. The zero-order valence-electron chi connectivity index (χ0n) is 13.2. The minimum atomic E-state index is -0.716. The van der Waals surface area contributed by atoms with Gasteiger partial charge in [-0.2, -0.15) is 4.98 Å². The Morgan fingerprint density at radius 2 is 2.14 bits per heavy atom. The van der Waals surface area contributed by atoms with Crippen LogP contribution in [0.25, 0.3) is 0 Å². The molecule has 0 radical (unpaired) electrons. The van der Waals surface area contributed by atoms with Crippen molar-refractivity contribution in [2.45, 2.75) is 37.9 Å². The van der Waals surface area contributed by atoms with Gasteiger partial charge in [0.2, 0.25) is 5.91 Å². The Morgan fingerprint density at radius 3 is 2.64 bits per heavy atom. The fourth-order valence-electron chi connectivity index (χ4n) is 1.87. The average Bonchev–Trinajstić information content (AvgIpc) is 2.47. The van der Waals surface area contributed by atoms with Crippen molar-refractivity contribution in [3.63, 3.8) is 0 Å². The number of rotatable bonds is 7. The first-order chi connectivity index (χ1) is 10.4. The Balaban J connectivity index is 2.75. The largest absolute Gasteiger partial charge is 0.467 e. The predicted octanol–water partition coefficient (Wildman–Crippen LogP) is 0.669. The van der Waals surface area contributed by atoms with E-state index in [1.807, 2.05) is 20.1 Å². The van der Waals surface area contributed by atoms with Gasteiger partial charge < -0.3 is 10.1 Å². The van der Waals surface area contributed by atoms with Crippen LogP contribution in [0.5, 0.6) is 0 Å². The highest BCUT2D eigenvalue weighted by atomic mass is 32.2. The summed E-state index contributed by atoms with van der Waals surface area (Å²) in [4.78, 5) is 39.3. The molecule has 0 aliphatic heterocycles. The SMILES string of the molecule is COC(=O)[C@H](CC(C)C)NC(=O)Cn1ccc(SC)nc1=O. The molecule has 1 aromatic rings. The molecule has 1 atom stereocenters. The minimum absolute atomic E-state index is 0.188. The molecule has 7 nitrogen and oxygen atoms in total. The second kappa shape index (κ2) is 8.57. The summed E-state index contributed by atoms with van der Waals surface area (Å²) in [5.41, 5.74) is -0.500. The molecule has 1 N–H and O–H groups in total. The molecule has 1 aromatic heterocycles. The van der Waals surface area contributed by atoms with Crippen molar-refractivity contribution in [3.05, 3.63) is 22.7 Å². The van der Waals surface area contributed by atoms with Crippen LogP contribution >= 0.6 is 11.8 Å². The molecule has 0 saturated heterocycles. The van der Waals surface area contributed by atoms with Crippen LogP contribution in [0.2, 0.25) is 0 Å². The number of aromatic nitrogens is 2. The standard InChI is InChI=1S/C14H21N3O4S/c1-9(2)7-10(13(19)21-3)15-11(18)8-17-6-5-12(22-4)16-14(17)20/h5-6,9-10H,7-8H2,1-4H3,(H,15,18)/t10-/m0/s1. The van der Waals surface area contributed by atoms with Gasteiger partial charge in [0, 0.05) is 6.20 Å². The van der Waals surface area contributed by atoms with Crippen molar-refractivity contribution in [1.29, 1.82) is 0 Å². The molecule has 122 valence electrons. The van der Waals surface area contributed by atoms with E-state index in [0.717, 1.165) is 0 Å². The van der Waals surface area contributed by atoms with E-state index >= 15 is 0 Å². The van der Waals surface area contributed by atoms with Gasteiger partial charge in [-0.05, 0) is 24.7 Å². The number of carbonyl (C=O) groups excluding carboxylic acids is 2. The van der Waals surface area contributed by atoms with Gasteiger partial charge in [0.15, 0.2) is 0 Å². The normalized spacial score (nSPS) is 12.0. The molecular formula is C14H21N3O4S. The summed E-state index contributed by atoms with van der Waals surface area (Å²) in [6, 6.07) is 0.942. The second-order valence-electron chi connectivity index (χ2n) is 5.15. The van der Waals surface area contributed by atoms with Crippen molar-refractivity contribution in [2.75, 3.05) is 13.4 Å². The molecule has 1 rings (SSSR count). The van der Waals surface area contributed by atoms with Crippen LogP contribution in [0, 0.1) is 5.92 Å². The molecule has 0 fully saturated rings. The Kier molecular flexibility index (Phi) is 7.10. The summed E-state index contributed by atoms with van der Waals surface area (Å²) < 4.78 is 5.87. The molecule has 8 heteroatoms. The van der Waals surface area contributed by atoms with Gasteiger partial charge in [-0.3, -0.25) is 9.36 Å². The molecule has 0 aliphatic carbocycles. The van der Waals surface area contributed by atoms with E-state index in [1.165, 1.54) is 29.6 Å². The third-order valence-corrected chi connectivity index (χ3v) is 3.55. The number of carbonyl (C=O) groups is 2. The molecule has 0 saturated carbocycles. The molecular weight excluding hydrogens is 306 g/mol. The van der Waals surface area contributed by atoms with Crippen LogP contribution in [0.15, 0.2) is 22.1 Å². The molecule has 0 spiro atoms. The summed E-state index contributed by atoms with van der Waals surface area (Å²) in [6.07, 6.45) is 3.79. The van der Waals surface area contributed by atoms with E-state index in [-0.39, 0.29) is 12.5 Å². The van der Waals surface area contributed by atoms with E-state index in [0.29, 0.717) is 11.4 Å². The Hall–Kier alpha value is -1.83. The van der Waals surface area contributed by atoms with Crippen molar-refractivity contribution in [2.24, 2.45) is 5.92 Å². The van der Waals surface area contributed by atoms with E-state index in [4.69, 9.17) is 0 Å². The lowest BCUT2D eigenvalue weighted by atomic mass is 10.0. The number of thioether (sulfide) groups is 1. The first kappa shape index (κ1) is 18.2. The van der Waals surface area contributed by atoms with Gasteiger partial charge in [0.05, 0.1) is 7.11 Å². The van der Waals surface area contributed by atoms with Gasteiger partial charge in [0.25, 0.3) is 0 Å². The Labute approximate surface area is 133 Å². The fraction of sp³-hybridized carbons (Fsp3) is 0.571. The zero-order valence-corrected chi connectivity index (χ0v) is 14.0. The number of ether oxygens (including phenoxy) is 1. The molecule has 22 heavy (non-hydrogen) atoms. The van der Waals surface area contributed by atoms with Crippen molar-refractivity contribution in [1.82, 2.24) is 14.9 Å². The van der Waals surface area contributed by atoms with Crippen LogP contribution in [-0.2, 0) is 20.9 Å². The molecule has 0 aliphatic rings. The van der Waals surface area contributed by atoms with Crippen LogP contribution < -0.4 is 11.0 Å². The fourth-order valence-corrected chi connectivity index (χ4v) is 2.24. The van der Waals surface area contributed by atoms with Crippen molar-refractivity contribution < 1.29 is 14.3 Å². The summed E-state index contributed by atoms with van der Waals surface area (Å²) in [5, 5.41) is 3.19. The highest BCUT2D eigenvalue weighted by molar-refractivity contribution is 7.98. The third-order valence-electron chi connectivity index (χ3n) is 2.90. The lowest BCUT2D eigenvalue weighted by Crippen LogP contribution is -2.44. The smallest absolute Gasteiger partial charge is 0.349 e. The number of methoxy groups -OCH3 is 1. The quantitative estimate of drug-likeness (QED) is 0.450. The van der Waals surface area contributed by atoms with Gasteiger partial charge in [-0.1, -0.05) is 13.8 Å². The maximum atomic E-state index is 12.0. The Morgan fingerprint density at radius 1 is 1.45 bits per heavy atom. The molecule has 0 aromatic carbocycles. The first-order valence-electron chi connectivity index (χ1n) is 6.86. The van der Waals surface area contributed by atoms with Gasteiger partial charge in [-0.25, -0.2) is 9.59 Å². The third kappa shape index (κ3) is 5.51. The number of nitrogens with one attached hydrogen (secondary N) is 1. The van der Waals surface area contributed by atoms with Crippen LogP contribution in [0.4, 0.5) is 0 Å². The summed E-state index contributed by atoms with van der Waals surface area (Å²) in [6.45, 7) is 3.70. The monoisotopic (exact) mass is 327 g/mol. The molecule has 0 bridgehead atoms. The van der Waals surface area contributed by atoms with Crippen molar-refractivity contribution >= 4 is 23.6 Å².